The molecule has 2 heterocycles. The maximum absolute atomic E-state index is 13.8. The number of aromatic nitrogens is 2. The van der Waals surface area contributed by atoms with Crippen molar-refractivity contribution in [3.63, 3.8) is 0 Å². The summed E-state index contributed by atoms with van der Waals surface area (Å²) >= 11 is 0. The van der Waals surface area contributed by atoms with Gasteiger partial charge in [-0.2, -0.15) is 0 Å². The third kappa shape index (κ3) is 3.54. The van der Waals surface area contributed by atoms with Crippen molar-refractivity contribution >= 4 is 11.2 Å². The summed E-state index contributed by atoms with van der Waals surface area (Å²) in [6.07, 6.45) is -4.40. The first-order valence-electron chi connectivity index (χ1n) is 8.18. The Kier molecular flexibility index (Phi) is 3.79. The number of benzene rings is 1. The van der Waals surface area contributed by atoms with Crippen molar-refractivity contribution < 1.29 is 26.7 Å². The molecule has 0 amide bonds. The van der Waals surface area contributed by atoms with Gasteiger partial charge in [0, 0.05) is 18.0 Å². The Labute approximate surface area is 150 Å². The maximum atomic E-state index is 13.8. The molecule has 1 aliphatic carbocycles. The highest BCUT2D eigenvalue weighted by Crippen LogP contribution is 2.47. The van der Waals surface area contributed by atoms with Gasteiger partial charge >= 0.3 is 12.1 Å². The van der Waals surface area contributed by atoms with Crippen LogP contribution in [0.5, 0.6) is 5.75 Å². The molecular formula is C18H14F4N2O3. The van der Waals surface area contributed by atoms with Gasteiger partial charge in [-0.05, 0) is 49.7 Å². The molecule has 1 aromatic carbocycles. The van der Waals surface area contributed by atoms with Crippen LogP contribution in [-0.4, -0.2) is 21.6 Å². The molecule has 142 valence electrons. The first-order valence-corrected chi connectivity index (χ1v) is 8.18. The fourth-order valence-electron chi connectivity index (χ4n) is 2.99. The van der Waals surface area contributed by atoms with Crippen molar-refractivity contribution in [2.45, 2.75) is 31.9 Å². The molecule has 0 saturated heterocycles. The highest BCUT2D eigenvalue weighted by molar-refractivity contribution is 5.73. The van der Waals surface area contributed by atoms with E-state index in [4.69, 9.17) is 4.42 Å². The van der Waals surface area contributed by atoms with Gasteiger partial charge in [-0.25, -0.2) is 14.2 Å². The number of nitrogens with zero attached hydrogens (tertiary/aromatic N) is 2. The zero-order chi connectivity index (χ0) is 19.4. The van der Waals surface area contributed by atoms with E-state index in [2.05, 4.69) is 9.72 Å². The standard InChI is InChI=1S/C18H14F4N2O3/c1-17(19)8-11(17)9-24-15-14(26-16(24)25)7-6-13(23-15)10-2-4-12(5-3-10)27-18(20,21)22/h2-7,11H,8-9H2,1H3/t11-,17?/m0/s1. The lowest BCUT2D eigenvalue weighted by Crippen LogP contribution is -2.18. The highest BCUT2D eigenvalue weighted by Gasteiger charge is 2.51. The molecule has 0 aliphatic heterocycles. The molecular weight excluding hydrogens is 368 g/mol. The second kappa shape index (κ2) is 5.83. The molecule has 0 radical (unpaired) electrons. The number of hydrogen-bond acceptors (Lipinski definition) is 4. The topological polar surface area (TPSA) is 57.3 Å². The van der Waals surface area contributed by atoms with Crippen molar-refractivity contribution in [1.29, 1.82) is 0 Å². The Morgan fingerprint density at radius 3 is 2.52 bits per heavy atom. The first kappa shape index (κ1) is 17.6. The number of halogens is 4. The summed E-state index contributed by atoms with van der Waals surface area (Å²) in [5.74, 6) is -1.24. The van der Waals surface area contributed by atoms with Crippen LogP contribution < -0.4 is 10.5 Å². The average molecular weight is 382 g/mol. The molecule has 1 fully saturated rings. The highest BCUT2D eigenvalue weighted by atomic mass is 19.4. The van der Waals surface area contributed by atoms with Crippen LogP contribution in [0, 0.1) is 5.92 Å². The van der Waals surface area contributed by atoms with Gasteiger partial charge in [-0.15, -0.1) is 13.2 Å². The van der Waals surface area contributed by atoms with E-state index in [1.54, 1.807) is 12.1 Å². The van der Waals surface area contributed by atoms with Crippen LogP contribution in [0.25, 0.3) is 22.5 Å². The summed E-state index contributed by atoms with van der Waals surface area (Å²) < 4.78 is 60.8. The second-order valence-electron chi connectivity index (χ2n) is 6.75. The van der Waals surface area contributed by atoms with Crippen LogP contribution in [0.3, 0.4) is 0 Å². The largest absolute Gasteiger partial charge is 0.573 e. The van der Waals surface area contributed by atoms with E-state index in [-0.39, 0.29) is 29.4 Å². The SMILES string of the molecule is CC1(F)C[C@H]1Cn1c(=O)oc2ccc(-c3ccc(OC(F)(F)F)cc3)nc21. The van der Waals surface area contributed by atoms with Crippen LogP contribution in [0.1, 0.15) is 13.3 Å². The lowest BCUT2D eigenvalue weighted by Gasteiger charge is -2.09. The summed E-state index contributed by atoms with van der Waals surface area (Å²) in [4.78, 5) is 16.4. The van der Waals surface area contributed by atoms with Gasteiger partial charge in [0.2, 0.25) is 0 Å². The van der Waals surface area contributed by atoms with Crippen LogP contribution in [0.4, 0.5) is 17.6 Å². The minimum atomic E-state index is -4.76. The maximum Gasteiger partial charge on any atom is 0.573 e. The average Bonchev–Trinajstić information content (AvgIpc) is 3.05. The van der Waals surface area contributed by atoms with Gasteiger partial charge < -0.3 is 9.15 Å². The molecule has 3 aromatic rings. The minimum absolute atomic E-state index is 0.160. The summed E-state index contributed by atoms with van der Waals surface area (Å²) in [6.45, 7) is 1.64. The van der Waals surface area contributed by atoms with Crippen molar-refractivity contribution in [1.82, 2.24) is 9.55 Å². The Bertz CT molecular complexity index is 1050. The van der Waals surface area contributed by atoms with Gasteiger partial charge in [-0.3, -0.25) is 4.57 Å². The van der Waals surface area contributed by atoms with Gasteiger partial charge in [0.1, 0.15) is 11.4 Å². The van der Waals surface area contributed by atoms with Crippen LogP contribution in [0.2, 0.25) is 0 Å². The van der Waals surface area contributed by atoms with Gasteiger partial charge in [0.15, 0.2) is 11.2 Å². The van der Waals surface area contributed by atoms with Crippen LogP contribution >= 0.6 is 0 Å². The van der Waals surface area contributed by atoms with Gasteiger partial charge in [0.05, 0.1) is 5.69 Å². The molecule has 27 heavy (non-hydrogen) atoms. The number of oxazole rings is 1. The molecule has 1 aliphatic rings. The molecule has 9 heteroatoms. The van der Waals surface area contributed by atoms with E-state index in [1.165, 1.54) is 35.8 Å². The summed E-state index contributed by atoms with van der Waals surface area (Å²) in [7, 11) is 0. The number of hydrogen-bond donors (Lipinski definition) is 0. The van der Waals surface area contributed by atoms with E-state index < -0.39 is 17.8 Å². The lowest BCUT2D eigenvalue weighted by molar-refractivity contribution is -0.274. The summed E-state index contributed by atoms with van der Waals surface area (Å²) in [5.41, 5.74) is 0.218. The molecule has 1 unspecified atom stereocenters. The third-order valence-corrected chi connectivity index (χ3v) is 4.64. The minimum Gasteiger partial charge on any atom is -0.406 e. The van der Waals surface area contributed by atoms with Crippen molar-refractivity contribution in [3.8, 4) is 17.0 Å². The number of alkyl halides is 4. The van der Waals surface area contributed by atoms with E-state index in [0.29, 0.717) is 17.7 Å². The Hall–Kier alpha value is -2.84. The van der Waals surface area contributed by atoms with E-state index in [9.17, 15) is 22.4 Å². The molecule has 0 N–H and O–H groups in total. The van der Waals surface area contributed by atoms with Crippen LogP contribution in [-0.2, 0) is 6.54 Å². The predicted octanol–water partition coefficient (Wildman–Crippen LogP) is 4.30. The molecule has 0 bridgehead atoms. The smallest absolute Gasteiger partial charge is 0.406 e. The fraction of sp³-hybridized carbons (Fsp3) is 0.333. The van der Waals surface area contributed by atoms with Crippen molar-refractivity contribution in [3.05, 3.63) is 46.9 Å². The molecule has 5 nitrogen and oxygen atoms in total. The van der Waals surface area contributed by atoms with Gasteiger partial charge in [-0.1, -0.05) is 0 Å². The quantitative estimate of drug-likeness (QED) is 0.632. The predicted molar refractivity (Wildman–Crippen MR) is 88.0 cm³/mol. The summed E-state index contributed by atoms with van der Waals surface area (Å²) in [6, 6.07) is 8.35. The number of pyridine rings is 1. The van der Waals surface area contributed by atoms with Crippen LogP contribution in [0.15, 0.2) is 45.6 Å². The fourth-order valence-corrected chi connectivity index (χ4v) is 2.99. The van der Waals surface area contributed by atoms with E-state index in [0.717, 1.165) is 0 Å². The number of rotatable bonds is 4. The Morgan fingerprint density at radius 2 is 1.93 bits per heavy atom. The monoisotopic (exact) mass is 382 g/mol. The van der Waals surface area contributed by atoms with Crippen molar-refractivity contribution in [2.24, 2.45) is 5.92 Å². The number of ether oxygens (including phenoxy) is 1. The second-order valence-corrected chi connectivity index (χ2v) is 6.75. The molecule has 1 saturated carbocycles. The number of fused-ring (bicyclic) bond motifs is 1. The Balaban J connectivity index is 1.66. The Morgan fingerprint density at radius 1 is 1.26 bits per heavy atom. The lowest BCUT2D eigenvalue weighted by atomic mass is 10.1. The first-order chi connectivity index (χ1) is 12.6. The zero-order valence-electron chi connectivity index (χ0n) is 14.1. The molecule has 0 spiro atoms. The molecule has 2 aromatic heterocycles. The summed E-state index contributed by atoms with van der Waals surface area (Å²) in [5, 5.41) is 0. The third-order valence-electron chi connectivity index (χ3n) is 4.64. The van der Waals surface area contributed by atoms with E-state index in [1.807, 2.05) is 0 Å². The van der Waals surface area contributed by atoms with Gasteiger partial charge in [0.25, 0.3) is 0 Å². The normalized spacial score (nSPS) is 22.2. The zero-order valence-corrected chi connectivity index (χ0v) is 14.1. The van der Waals surface area contributed by atoms with Crippen molar-refractivity contribution in [2.75, 3.05) is 0 Å². The molecule has 2 atom stereocenters. The molecule has 4 rings (SSSR count). The van der Waals surface area contributed by atoms with E-state index >= 15 is 0 Å².